The summed E-state index contributed by atoms with van der Waals surface area (Å²) >= 11 is 0. The fourth-order valence-corrected chi connectivity index (χ4v) is 1.95. The summed E-state index contributed by atoms with van der Waals surface area (Å²) in [5.74, 6) is 0.903. The second-order valence-electron chi connectivity index (χ2n) is 4.62. The van der Waals surface area contributed by atoms with E-state index >= 15 is 0 Å². The topological polar surface area (TPSA) is 47.0 Å². The third-order valence-electron chi connectivity index (χ3n) is 3.03. The first-order valence-corrected chi connectivity index (χ1v) is 6.93. The number of methoxy groups -OCH3 is 1. The molecule has 1 heterocycles. The highest BCUT2D eigenvalue weighted by molar-refractivity contribution is 5.15. The molecule has 0 bridgehead atoms. The smallest absolute Gasteiger partial charge is 0.128 e. The van der Waals surface area contributed by atoms with Crippen molar-refractivity contribution in [2.75, 3.05) is 20.3 Å². The second kappa shape index (κ2) is 8.40. The van der Waals surface area contributed by atoms with Crippen molar-refractivity contribution in [1.82, 2.24) is 15.3 Å². The highest BCUT2D eigenvalue weighted by Crippen LogP contribution is 2.04. The maximum atomic E-state index is 5.00. The molecule has 0 atom stereocenters. The van der Waals surface area contributed by atoms with E-state index in [0.29, 0.717) is 6.61 Å². The maximum absolute atomic E-state index is 5.00. The molecular formula is C16H21N3O. The quantitative estimate of drug-likeness (QED) is 0.746. The van der Waals surface area contributed by atoms with Crippen molar-refractivity contribution >= 4 is 0 Å². The van der Waals surface area contributed by atoms with Crippen molar-refractivity contribution in [1.29, 1.82) is 0 Å². The summed E-state index contributed by atoms with van der Waals surface area (Å²) in [5, 5.41) is 3.29. The molecule has 2 rings (SSSR count). The van der Waals surface area contributed by atoms with Gasteiger partial charge in [-0.1, -0.05) is 30.3 Å². The Bertz CT molecular complexity index is 502. The van der Waals surface area contributed by atoms with Gasteiger partial charge in [0.15, 0.2) is 0 Å². The molecule has 0 aliphatic heterocycles. The predicted octanol–water partition coefficient (Wildman–Crippen LogP) is 2.00. The fraction of sp³-hybridized carbons (Fsp3) is 0.375. The monoisotopic (exact) mass is 271 g/mol. The van der Waals surface area contributed by atoms with Gasteiger partial charge in [-0.3, -0.25) is 0 Å². The van der Waals surface area contributed by atoms with Crippen molar-refractivity contribution in [3.63, 3.8) is 0 Å². The van der Waals surface area contributed by atoms with Gasteiger partial charge in [0.2, 0.25) is 0 Å². The first-order chi connectivity index (χ1) is 9.88. The van der Waals surface area contributed by atoms with Crippen LogP contribution in [0.2, 0.25) is 0 Å². The predicted molar refractivity (Wildman–Crippen MR) is 79.5 cm³/mol. The second-order valence-corrected chi connectivity index (χ2v) is 4.62. The third kappa shape index (κ3) is 5.07. The van der Waals surface area contributed by atoms with Gasteiger partial charge in [-0.15, -0.1) is 0 Å². The van der Waals surface area contributed by atoms with Crippen LogP contribution in [0.1, 0.15) is 17.1 Å². The van der Waals surface area contributed by atoms with Gasteiger partial charge in [-0.25, -0.2) is 9.97 Å². The Balaban J connectivity index is 1.83. The molecule has 1 aromatic heterocycles. The van der Waals surface area contributed by atoms with Gasteiger partial charge in [0.25, 0.3) is 0 Å². The molecule has 0 unspecified atom stereocenters. The van der Waals surface area contributed by atoms with Crippen LogP contribution in [0.25, 0.3) is 0 Å². The standard InChI is InChI=1S/C16H21N3O/c1-20-12-11-17-13-15-9-10-18-16(19-15)8-7-14-5-3-2-4-6-14/h2-6,9-10,17H,7-8,11-13H2,1H3. The summed E-state index contributed by atoms with van der Waals surface area (Å²) < 4.78 is 5.00. The van der Waals surface area contributed by atoms with Crippen LogP contribution in [0.15, 0.2) is 42.6 Å². The molecule has 2 aromatic rings. The average Bonchev–Trinajstić information content (AvgIpc) is 2.51. The SMILES string of the molecule is COCCNCc1ccnc(CCc2ccccc2)n1. The number of aryl methyl sites for hydroxylation is 2. The number of aromatic nitrogens is 2. The highest BCUT2D eigenvalue weighted by Gasteiger charge is 2.00. The molecule has 0 radical (unpaired) electrons. The van der Waals surface area contributed by atoms with Crippen LogP contribution in [0.5, 0.6) is 0 Å². The van der Waals surface area contributed by atoms with E-state index in [1.165, 1.54) is 5.56 Å². The van der Waals surface area contributed by atoms with E-state index in [4.69, 9.17) is 4.74 Å². The molecule has 4 heteroatoms. The minimum absolute atomic E-state index is 0.714. The van der Waals surface area contributed by atoms with Crippen LogP contribution in [-0.4, -0.2) is 30.2 Å². The van der Waals surface area contributed by atoms with Crippen molar-refractivity contribution in [2.45, 2.75) is 19.4 Å². The number of benzene rings is 1. The molecule has 0 aliphatic rings. The van der Waals surface area contributed by atoms with Crippen molar-refractivity contribution in [2.24, 2.45) is 0 Å². The zero-order valence-corrected chi connectivity index (χ0v) is 11.9. The van der Waals surface area contributed by atoms with E-state index in [9.17, 15) is 0 Å². The van der Waals surface area contributed by atoms with Gasteiger partial charge in [-0.2, -0.15) is 0 Å². The minimum Gasteiger partial charge on any atom is -0.383 e. The number of rotatable bonds is 8. The Morgan fingerprint density at radius 2 is 1.95 bits per heavy atom. The van der Waals surface area contributed by atoms with E-state index in [1.807, 2.05) is 18.3 Å². The molecule has 0 saturated carbocycles. The number of nitrogens with one attached hydrogen (secondary N) is 1. The Kier molecular flexibility index (Phi) is 6.14. The van der Waals surface area contributed by atoms with Crippen LogP contribution >= 0.6 is 0 Å². The Labute approximate surface area is 120 Å². The van der Waals surface area contributed by atoms with Gasteiger partial charge < -0.3 is 10.1 Å². The molecule has 1 N–H and O–H groups in total. The van der Waals surface area contributed by atoms with Crippen molar-refractivity contribution in [3.05, 3.63) is 59.7 Å². The summed E-state index contributed by atoms with van der Waals surface area (Å²) in [4.78, 5) is 8.91. The molecule has 0 saturated heterocycles. The minimum atomic E-state index is 0.714. The van der Waals surface area contributed by atoms with E-state index in [1.54, 1.807) is 7.11 Å². The van der Waals surface area contributed by atoms with Gasteiger partial charge in [0, 0.05) is 32.8 Å². The molecule has 106 valence electrons. The number of nitrogens with zero attached hydrogens (tertiary/aromatic N) is 2. The van der Waals surface area contributed by atoms with Gasteiger partial charge >= 0.3 is 0 Å². The average molecular weight is 271 g/mol. The normalized spacial score (nSPS) is 10.7. The molecular weight excluding hydrogens is 250 g/mol. The van der Waals surface area contributed by atoms with Gasteiger partial charge in [0.1, 0.15) is 5.82 Å². The van der Waals surface area contributed by atoms with Crippen LogP contribution in [0.3, 0.4) is 0 Å². The molecule has 0 aliphatic carbocycles. The number of hydrogen-bond donors (Lipinski definition) is 1. The van der Waals surface area contributed by atoms with E-state index in [2.05, 4.69) is 39.6 Å². The Morgan fingerprint density at radius 1 is 1.10 bits per heavy atom. The first kappa shape index (κ1) is 14.6. The summed E-state index contributed by atoms with van der Waals surface area (Å²) in [7, 11) is 1.70. The van der Waals surface area contributed by atoms with Crippen molar-refractivity contribution in [3.8, 4) is 0 Å². The van der Waals surface area contributed by atoms with Crippen molar-refractivity contribution < 1.29 is 4.74 Å². The lowest BCUT2D eigenvalue weighted by Crippen LogP contribution is -2.19. The molecule has 0 amide bonds. The lowest BCUT2D eigenvalue weighted by molar-refractivity contribution is 0.199. The van der Waals surface area contributed by atoms with E-state index < -0.39 is 0 Å². The fourth-order valence-electron chi connectivity index (χ4n) is 1.95. The van der Waals surface area contributed by atoms with Crippen LogP contribution in [0.4, 0.5) is 0 Å². The number of hydrogen-bond acceptors (Lipinski definition) is 4. The molecule has 20 heavy (non-hydrogen) atoms. The van der Waals surface area contributed by atoms with Crippen LogP contribution in [0, 0.1) is 0 Å². The number of ether oxygens (including phenoxy) is 1. The summed E-state index contributed by atoms with van der Waals surface area (Å²) in [5.41, 5.74) is 2.35. The summed E-state index contributed by atoms with van der Waals surface area (Å²) in [6.45, 7) is 2.30. The van der Waals surface area contributed by atoms with E-state index in [0.717, 1.165) is 37.4 Å². The van der Waals surface area contributed by atoms with E-state index in [-0.39, 0.29) is 0 Å². The van der Waals surface area contributed by atoms with Gasteiger partial charge in [0.05, 0.1) is 12.3 Å². The lowest BCUT2D eigenvalue weighted by Gasteiger charge is -2.05. The maximum Gasteiger partial charge on any atom is 0.128 e. The summed E-state index contributed by atoms with van der Waals surface area (Å²) in [6.07, 6.45) is 3.68. The highest BCUT2D eigenvalue weighted by atomic mass is 16.5. The zero-order valence-electron chi connectivity index (χ0n) is 11.9. The largest absolute Gasteiger partial charge is 0.383 e. The third-order valence-corrected chi connectivity index (χ3v) is 3.03. The Hall–Kier alpha value is -1.78. The molecule has 0 spiro atoms. The lowest BCUT2D eigenvalue weighted by atomic mass is 10.1. The first-order valence-electron chi connectivity index (χ1n) is 6.93. The molecule has 1 aromatic carbocycles. The molecule has 0 fully saturated rings. The summed E-state index contributed by atoms with van der Waals surface area (Å²) in [6, 6.07) is 12.4. The van der Waals surface area contributed by atoms with Crippen LogP contribution in [-0.2, 0) is 24.1 Å². The van der Waals surface area contributed by atoms with Gasteiger partial charge in [-0.05, 0) is 18.1 Å². The molecule has 4 nitrogen and oxygen atoms in total. The van der Waals surface area contributed by atoms with Crippen LogP contribution < -0.4 is 5.32 Å². The zero-order chi connectivity index (χ0) is 14.0. The Morgan fingerprint density at radius 3 is 2.75 bits per heavy atom.